The van der Waals surface area contributed by atoms with Crippen molar-refractivity contribution in [2.24, 2.45) is 0 Å². The van der Waals surface area contributed by atoms with Gasteiger partial charge in [0.25, 0.3) is 0 Å². The van der Waals surface area contributed by atoms with Gasteiger partial charge in [0.1, 0.15) is 16.7 Å². The van der Waals surface area contributed by atoms with Crippen LogP contribution in [-0.4, -0.2) is 49.0 Å². The van der Waals surface area contributed by atoms with Crippen molar-refractivity contribution in [3.05, 3.63) is 54.7 Å². The highest BCUT2D eigenvalue weighted by Crippen LogP contribution is 2.29. The van der Waals surface area contributed by atoms with Gasteiger partial charge in [-0.2, -0.15) is 4.31 Å². The Kier molecular flexibility index (Phi) is 5.15. The molecular formula is C20H21N3O4S. The number of sulfonamides is 1. The van der Waals surface area contributed by atoms with Crippen molar-refractivity contribution in [3.8, 4) is 11.6 Å². The lowest BCUT2D eigenvalue weighted by Crippen LogP contribution is -2.41. The van der Waals surface area contributed by atoms with E-state index in [0.29, 0.717) is 37.6 Å². The summed E-state index contributed by atoms with van der Waals surface area (Å²) in [7, 11) is -2.13. The molecule has 28 heavy (non-hydrogen) atoms. The largest absolute Gasteiger partial charge is 0.495 e. The molecule has 8 heteroatoms. The number of methoxy groups -OCH3 is 1. The maximum Gasteiger partial charge on any atom is 0.246 e. The third-order valence-corrected chi connectivity index (χ3v) is 6.74. The van der Waals surface area contributed by atoms with Gasteiger partial charge in [0.2, 0.25) is 15.9 Å². The summed E-state index contributed by atoms with van der Waals surface area (Å²) in [6.07, 6.45) is 2.69. The van der Waals surface area contributed by atoms with E-state index in [1.165, 1.54) is 11.4 Å². The van der Waals surface area contributed by atoms with Crippen LogP contribution in [0.15, 0.2) is 59.6 Å². The van der Waals surface area contributed by atoms with Crippen molar-refractivity contribution in [2.75, 3.05) is 20.2 Å². The lowest BCUT2D eigenvalue weighted by molar-refractivity contribution is 0.130. The summed E-state index contributed by atoms with van der Waals surface area (Å²) in [5.74, 6) is 0.817. The number of para-hydroxylation sites is 3. The summed E-state index contributed by atoms with van der Waals surface area (Å²) in [4.78, 5) is 9.02. The summed E-state index contributed by atoms with van der Waals surface area (Å²) in [5, 5.41) is 0. The molecule has 0 N–H and O–H groups in total. The van der Waals surface area contributed by atoms with Crippen LogP contribution < -0.4 is 9.47 Å². The maximum atomic E-state index is 13.0. The van der Waals surface area contributed by atoms with Gasteiger partial charge < -0.3 is 9.47 Å². The highest BCUT2D eigenvalue weighted by Gasteiger charge is 2.32. The number of hydrogen-bond acceptors (Lipinski definition) is 6. The fraction of sp³-hybridized carbons (Fsp3) is 0.300. The molecular weight excluding hydrogens is 378 g/mol. The Morgan fingerprint density at radius 3 is 2.43 bits per heavy atom. The monoisotopic (exact) mass is 399 g/mol. The van der Waals surface area contributed by atoms with Crippen LogP contribution in [0.5, 0.6) is 11.6 Å². The van der Waals surface area contributed by atoms with Crippen molar-refractivity contribution >= 4 is 21.1 Å². The second kappa shape index (κ2) is 7.73. The van der Waals surface area contributed by atoms with Crippen LogP contribution in [0, 0.1) is 0 Å². The highest BCUT2D eigenvalue weighted by atomic mass is 32.2. The SMILES string of the molecule is COc1ccccc1S(=O)(=O)N1CCC(Oc2cnc3ccccc3n2)CC1. The van der Waals surface area contributed by atoms with Gasteiger partial charge in [0.15, 0.2) is 0 Å². The molecule has 0 saturated carbocycles. The van der Waals surface area contributed by atoms with Crippen LogP contribution in [0.1, 0.15) is 12.8 Å². The van der Waals surface area contributed by atoms with Crippen molar-refractivity contribution in [1.82, 2.24) is 14.3 Å². The summed E-state index contributed by atoms with van der Waals surface area (Å²) in [6, 6.07) is 14.3. The zero-order valence-corrected chi connectivity index (χ0v) is 16.3. The molecule has 1 aromatic heterocycles. The predicted octanol–water partition coefficient (Wildman–Crippen LogP) is 2.87. The number of nitrogens with zero attached hydrogens (tertiary/aromatic N) is 3. The molecule has 7 nitrogen and oxygen atoms in total. The average molecular weight is 399 g/mol. The van der Waals surface area contributed by atoms with Gasteiger partial charge in [-0.05, 0) is 37.1 Å². The summed E-state index contributed by atoms with van der Waals surface area (Å²) in [6.45, 7) is 0.762. The normalized spacial score (nSPS) is 16.2. The highest BCUT2D eigenvalue weighted by molar-refractivity contribution is 7.89. The minimum atomic E-state index is -3.61. The molecule has 0 unspecified atom stereocenters. The molecule has 0 amide bonds. The predicted molar refractivity (Wildman–Crippen MR) is 105 cm³/mol. The molecule has 2 heterocycles. The fourth-order valence-electron chi connectivity index (χ4n) is 3.33. The van der Waals surface area contributed by atoms with E-state index in [1.54, 1.807) is 30.5 Å². The fourth-order valence-corrected chi connectivity index (χ4v) is 4.95. The van der Waals surface area contributed by atoms with Gasteiger partial charge in [0, 0.05) is 13.1 Å². The first-order valence-corrected chi connectivity index (χ1v) is 10.5. The number of benzene rings is 2. The van der Waals surface area contributed by atoms with E-state index < -0.39 is 10.0 Å². The van der Waals surface area contributed by atoms with Crippen molar-refractivity contribution in [3.63, 3.8) is 0 Å². The van der Waals surface area contributed by atoms with E-state index in [-0.39, 0.29) is 11.0 Å². The van der Waals surface area contributed by atoms with E-state index in [2.05, 4.69) is 9.97 Å². The first-order chi connectivity index (χ1) is 13.6. The second-order valence-corrected chi connectivity index (χ2v) is 8.48. The zero-order valence-electron chi connectivity index (χ0n) is 15.5. The van der Waals surface area contributed by atoms with Crippen LogP contribution in [0.3, 0.4) is 0 Å². The van der Waals surface area contributed by atoms with Crippen molar-refractivity contribution in [1.29, 1.82) is 0 Å². The Bertz CT molecular complexity index is 1080. The van der Waals surface area contributed by atoms with Gasteiger partial charge in [-0.25, -0.2) is 18.4 Å². The standard InChI is InChI=1S/C20H21N3O4S/c1-26-18-8-4-5-9-19(18)28(24,25)23-12-10-15(11-13-23)27-20-14-21-16-6-2-3-7-17(16)22-20/h2-9,14-15H,10-13H2,1H3. The minimum absolute atomic E-state index is 0.0976. The Hall–Kier alpha value is -2.71. The quantitative estimate of drug-likeness (QED) is 0.656. The molecule has 1 saturated heterocycles. The van der Waals surface area contributed by atoms with Crippen LogP contribution in [0.25, 0.3) is 11.0 Å². The third-order valence-electron chi connectivity index (χ3n) is 4.80. The van der Waals surface area contributed by atoms with E-state index in [9.17, 15) is 8.42 Å². The number of piperidine rings is 1. The van der Waals surface area contributed by atoms with Crippen LogP contribution in [0.4, 0.5) is 0 Å². The molecule has 1 fully saturated rings. The topological polar surface area (TPSA) is 81.6 Å². The molecule has 0 bridgehead atoms. The molecule has 3 aromatic rings. The Morgan fingerprint density at radius 1 is 1.00 bits per heavy atom. The molecule has 0 aliphatic carbocycles. The van der Waals surface area contributed by atoms with Gasteiger partial charge in [-0.15, -0.1) is 0 Å². The number of aromatic nitrogens is 2. The molecule has 1 aliphatic heterocycles. The number of rotatable bonds is 5. The smallest absolute Gasteiger partial charge is 0.246 e. The van der Waals surface area contributed by atoms with Crippen molar-refractivity contribution in [2.45, 2.75) is 23.8 Å². The minimum Gasteiger partial charge on any atom is -0.495 e. The first-order valence-electron chi connectivity index (χ1n) is 9.09. The van der Waals surface area contributed by atoms with Gasteiger partial charge >= 0.3 is 0 Å². The van der Waals surface area contributed by atoms with Gasteiger partial charge in [-0.3, -0.25) is 0 Å². The van der Waals surface area contributed by atoms with Crippen LogP contribution in [0.2, 0.25) is 0 Å². The zero-order chi connectivity index (χ0) is 19.6. The molecule has 0 spiro atoms. The third kappa shape index (κ3) is 3.65. The average Bonchev–Trinajstić information content (AvgIpc) is 2.74. The molecule has 1 aliphatic rings. The number of hydrogen-bond donors (Lipinski definition) is 0. The number of ether oxygens (including phenoxy) is 2. The number of fused-ring (bicyclic) bond motifs is 1. The van der Waals surface area contributed by atoms with E-state index in [1.807, 2.05) is 24.3 Å². The Labute approximate surface area is 164 Å². The maximum absolute atomic E-state index is 13.0. The summed E-state index contributed by atoms with van der Waals surface area (Å²) in [5.41, 5.74) is 1.59. The lowest BCUT2D eigenvalue weighted by atomic mass is 10.1. The molecule has 2 aromatic carbocycles. The second-order valence-electron chi connectivity index (χ2n) is 6.57. The molecule has 146 valence electrons. The molecule has 4 rings (SSSR count). The Balaban J connectivity index is 1.44. The van der Waals surface area contributed by atoms with E-state index >= 15 is 0 Å². The van der Waals surface area contributed by atoms with E-state index in [0.717, 1.165) is 11.0 Å². The Morgan fingerprint density at radius 2 is 1.68 bits per heavy atom. The van der Waals surface area contributed by atoms with E-state index in [4.69, 9.17) is 9.47 Å². The van der Waals surface area contributed by atoms with Crippen molar-refractivity contribution < 1.29 is 17.9 Å². The first kappa shape index (κ1) is 18.6. The lowest BCUT2D eigenvalue weighted by Gasteiger charge is -2.31. The van der Waals surface area contributed by atoms with Gasteiger partial charge in [-0.1, -0.05) is 24.3 Å². The summed E-state index contributed by atoms with van der Waals surface area (Å²) >= 11 is 0. The molecule has 0 atom stereocenters. The summed E-state index contributed by atoms with van der Waals surface area (Å²) < 4.78 is 38.6. The molecule has 0 radical (unpaired) electrons. The van der Waals surface area contributed by atoms with Crippen LogP contribution in [-0.2, 0) is 10.0 Å². The van der Waals surface area contributed by atoms with Crippen LogP contribution >= 0.6 is 0 Å². The van der Waals surface area contributed by atoms with Gasteiger partial charge in [0.05, 0.1) is 24.3 Å².